The summed E-state index contributed by atoms with van der Waals surface area (Å²) in [5, 5.41) is 3.16. The van der Waals surface area contributed by atoms with Crippen LogP contribution in [0.15, 0.2) is 24.3 Å². The third-order valence-corrected chi connectivity index (χ3v) is 4.10. The molecule has 0 amide bonds. The Hall–Kier alpha value is -1.11. The van der Waals surface area contributed by atoms with Crippen molar-refractivity contribution in [2.75, 3.05) is 26.5 Å². The van der Waals surface area contributed by atoms with Gasteiger partial charge in [-0.15, -0.1) is 0 Å². The number of hydrogen-bond acceptors (Lipinski definition) is 4. The molecule has 0 bridgehead atoms. The Balaban J connectivity index is 2.58. The number of rotatable bonds is 7. The highest BCUT2D eigenvalue weighted by molar-refractivity contribution is 7.89. The molecule has 0 aliphatic heterocycles. The molecule has 0 heterocycles. The molecule has 0 fully saturated rings. The average molecular weight is 272 g/mol. The first-order valence-corrected chi connectivity index (χ1v) is 7.43. The van der Waals surface area contributed by atoms with Crippen LogP contribution in [0.2, 0.25) is 0 Å². The van der Waals surface area contributed by atoms with Crippen molar-refractivity contribution in [2.45, 2.75) is 13.0 Å². The second-order valence-electron chi connectivity index (χ2n) is 3.94. The van der Waals surface area contributed by atoms with E-state index in [4.69, 9.17) is 4.74 Å². The van der Waals surface area contributed by atoms with E-state index in [0.29, 0.717) is 6.54 Å². The van der Waals surface area contributed by atoms with Crippen molar-refractivity contribution in [3.8, 4) is 5.75 Å². The lowest BCUT2D eigenvalue weighted by molar-refractivity contribution is 0.402. The molecule has 0 aliphatic carbocycles. The minimum absolute atomic E-state index is 0.0354. The molecule has 0 saturated heterocycles. The third-order valence-electron chi connectivity index (χ3n) is 2.74. The van der Waals surface area contributed by atoms with Crippen molar-refractivity contribution in [1.29, 1.82) is 0 Å². The fourth-order valence-electron chi connectivity index (χ4n) is 1.65. The second-order valence-corrected chi connectivity index (χ2v) is 5.99. The van der Waals surface area contributed by atoms with Gasteiger partial charge in [0.05, 0.1) is 12.9 Å². The first-order chi connectivity index (χ1) is 8.50. The van der Waals surface area contributed by atoms with Crippen molar-refractivity contribution in [2.24, 2.45) is 0 Å². The Morgan fingerprint density at radius 3 is 2.61 bits per heavy atom. The van der Waals surface area contributed by atoms with Crippen LogP contribution in [0.1, 0.15) is 18.5 Å². The van der Waals surface area contributed by atoms with Gasteiger partial charge in [-0.05, 0) is 20.0 Å². The largest absolute Gasteiger partial charge is 0.496 e. The second kappa shape index (κ2) is 6.72. The Morgan fingerprint density at radius 2 is 2.00 bits per heavy atom. The van der Waals surface area contributed by atoms with Crippen molar-refractivity contribution in [3.05, 3.63) is 29.8 Å². The van der Waals surface area contributed by atoms with Crippen LogP contribution in [0.4, 0.5) is 0 Å². The van der Waals surface area contributed by atoms with Crippen LogP contribution in [0.5, 0.6) is 5.75 Å². The quantitative estimate of drug-likeness (QED) is 0.774. The van der Waals surface area contributed by atoms with E-state index in [0.717, 1.165) is 11.3 Å². The molecule has 0 radical (unpaired) electrons. The lowest BCUT2D eigenvalue weighted by atomic mass is 10.1. The van der Waals surface area contributed by atoms with Crippen molar-refractivity contribution in [3.63, 3.8) is 0 Å². The summed E-state index contributed by atoms with van der Waals surface area (Å²) in [6.07, 6.45) is 0. The highest BCUT2D eigenvalue weighted by Crippen LogP contribution is 2.23. The summed E-state index contributed by atoms with van der Waals surface area (Å²) in [6.45, 7) is 2.37. The van der Waals surface area contributed by atoms with Crippen molar-refractivity contribution < 1.29 is 13.2 Å². The van der Waals surface area contributed by atoms with Crippen LogP contribution in [0.25, 0.3) is 0 Å². The van der Waals surface area contributed by atoms with Crippen LogP contribution >= 0.6 is 0 Å². The van der Waals surface area contributed by atoms with Crippen LogP contribution in [0, 0.1) is 0 Å². The zero-order valence-corrected chi connectivity index (χ0v) is 11.8. The standard InChI is InChI=1S/C12H20N2O3S/c1-10(14-8-9-18(15,16)13-2)11-6-4-5-7-12(11)17-3/h4-7,10,13-14H,8-9H2,1-3H3. The van der Waals surface area contributed by atoms with Gasteiger partial charge in [-0.2, -0.15) is 0 Å². The number of nitrogens with one attached hydrogen (secondary N) is 2. The molecule has 6 heteroatoms. The van der Waals surface area contributed by atoms with Gasteiger partial charge in [-0.25, -0.2) is 13.1 Å². The number of benzene rings is 1. The van der Waals surface area contributed by atoms with Gasteiger partial charge in [0.2, 0.25) is 10.0 Å². The maximum absolute atomic E-state index is 11.3. The lowest BCUT2D eigenvalue weighted by Crippen LogP contribution is -2.31. The van der Waals surface area contributed by atoms with Gasteiger partial charge in [-0.3, -0.25) is 0 Å². The molecule has 1 rings (SSSR count). The van der Waals surface area contributed by atoms with Gasteiger partial charge >= 0.3 is 0 Å². The minimum Gasteiger partial charge on any atom is -0.496 e. The molecule has 0 spiro atoms. The topological polar surface area (TPSA) is 67.4 Å². The summed E-state index contributed by atoms with van der Waals surface area (Å²) in [5.74, 6) is 0.858. The van der Waals surface area contributed by atoms with Gasteiger partial charge in [0.15, 0.2) is 0 Å². The Morgan fingerprint density at radius 1 is 1.33 bits per heavy atom. The highest BCUT2D eigenvalue weighted by atomic mass is 32.2. The normalized spacial score (nSPS) is 13.3. The molecule has 18 heavy (non-hydrogen) atoms. The van der Waals surface area contributed by atoms with E-state index in [1.54, 1.807) is 7.11 Å². The van der Waals surface area contributed by atoms with Crippen molar-refractivity contribution >= 4 is 10.0 Å². The fourth-order valence-corrected chi connectivity index (χ4v) is 2.24. The monoisotopic (exact) mass is 272 g/mol. The zero-order chi connectivity index (χ0) is 13.6. The first-order valence-electron chi connectivity index (χ1n) is 5.77. The molecular formula is C12H20N2O3S. The summed E-state index contributed by atoms with van der Waals surface area (Å²) < 4.78 is 30.1. The van der Waals surface area contributed by atoms with Gasteiger partial charge < -0.3 is 10.1 Å². The molecular weight excluding hydrogens is 252 g/mol. The van der Waals surface area contributed by atoms with E-state index in [2.05, 4.69) is 10.0 Å². The zero-order valence-electron chi connectivity index (χ0n) is 10.9. The summed E-state index contributed by atoms with van der Waals surface area (Å²) >= 11 is 0. The van der Waals surface area contributed by atoms with E-state index in [1.807, 2.05) is 31.2 Å². The smallest absolute Gasteiger partial charge is 0.212 e. The van der Waals surface area contributed by atoms with Gasteiger partial charge in [0.25, 0.3) is 0 Å². The predicted molar refractivity (Wildman–Crippen MR) is 72.3 cm³/mol. The summed E-state index contributed by atoms with van der Waals surface area (Å²) in [7, 11) is -0.119. The molecule has 5 nitrogen and oxygen atoms in total. The molecule has 0 aliphatic rings. The maximum Gasteiger partial charge on any atom is 0.212 e. The predicted octanol–water partition coefficient (Wildman–Crippen LogP) is 0.895. The minimum atomic E-state index is -3.16. The highest BCUT2D eigenvalue weighted by Gasteiger charge is 2.12. The summed E-state index contributed by atoms with van der Waals surface area (Å²) in [5.41, 5.74) is 1.02. The molecule has 1 aromatic rings. The van der Waals surface area contributed by atoms with E-state index in [-0.39, 0.29) is 11.8 Å². The Bertz CT molecular complexity index is 474. The van der Waals surface area contributed by atoms with E-state index in [1.165, 1.54) is 7.05 Å². The third kappa shape index (κ3) is 4.29. The van der Waals surface area contributed by atoms with Gasteiger partial charge in [-0.1, -0.05) is 18.2 Å². The lowest BCUT2D eigenvalue weighted by Gasteiger charge is -2.17. The number of methoxy groups -OCH3 is 1. The average Bonchev–Trinajstić information content (AvgIpc) is 2.38. The van der Waals surface area contributed by atoms with Crippen LogP contribution in [-0.4, -0.2) is 34.9 Å². The van der Waals surface area contributed by atoms with Gasteiger partial charge in [0, 0.05) is 18.2 Å². The summed E-state index contributed by atoms with van der Waals surface area (Å²) in [4.78, 5) is 0. The van der Waals surface area contributed by atoms with Crippen LogP contribution in [-0.2, 0) is 10.0 Å². The Kier molecular flexibility index (Phi) is 5.58. The maximum atomic E-state index is 11.3. The number of sulfonamides is 1. The van der Waals surface area contributed by atoms with Crippen LogP contribution in [0.3, 0.4) is 0 Å². The molecule has 0 aromatic heterocycles. The molecule has 1 atom stereocenters. The van der Waals surface area contributed by atoms with E-state index < -0.39 is 10.0 Å². The first kappa shape index (κ1) is 14.9. The molecule has 2 N–H and O–H groups in total. The number of ether oxygens (including phenoxy) is 1. The molecule has 1 unspecified atom stereocenters. The van der Waals surface area contributed by atoms with E-state index >= 15 is 0 Å². The molecule has 0 saturated carbocycles. The SMILES string of the molecule is CNS(=O)(=O)CCNC(C)c1ccccc1OC. The molecule has 102 valence electrons. The Labute approximate surface area is 109 Å². The van der Waals surface area contributed by atoms with Crippen molar-refractivity contribution in [1.82, 2.24) is 10.0 Å². The molecule has 1 aromatic carbocycles. The summed E-state index contributed by atoms with van der Waals surface area (Å²) in [6, 6.07) is 7.72. The van der Waals surface area contributed by atoms with Gasteiger partial charge in [0.1, 0.15) is 5.75 Å². The fraction of sp³-hybridized carbons (Fsp3) is 0.500. The van der Waals surface area contributed by atoms with E-state index in [9.17, 15) is 8.42 Å². The number of para-hydroxylation sites is 1. The van der Waals surface area contributed by atoms with Crippen LogP contribution < -0.4 is 14.8 Å². The number of hydrogen-bond donors (Lipinski definition) is 2.